The molecule has 1 N–H and O–H groups in total. The third kappa shape index (κ3) is 3.38. The molecule has 3 heterocycles. The Labute approximate surface area is 172 Å². The highest BCUT2D eigenvalue weighted by Crippen LogP contribution is 2.33. The third-order valence-electron chi connectivity index (χ3n) is 5.35. The van der Waals surface area contributed by atoms with E-state index in [-0.39, 0.29) is 11.9 Å². The number of thiazole rings is 1. The molecule has 6 nitrogen and oxygen atoms in total. The Balaban J connectivity index is 1.42. The summed E-state index contributed by atoms with van der Waals surface area (Å²) >= 11 is 1.66. The van der Waals surface area contributed by atoms with Crippen LogP contribution in [0.2, 0.25) is 0 Å². The van der Waals surface area contributed by atoms with Crippen LogP contribution in [0.4, 0.5) is 10.5 Å². The van der Waals surface area contributed by atoms with Crippen molar-refractivity contribution in [2.75, 3.05) is 11.9 Å². The van der Waals surface area contributed by atoms with E-state index in [0.29, 0.717) is 13.1 Å². The van der Waals surface area contributed by atoms with Crippen LogP contribution in [0.3, 0.4) is 0 Å². The van der Waals surface area contributed by atoms with Crippen molar-refractivity contribution in [1.29, 1.82) is 0 Å². The lowest BCUT2D eigenvalue weighted by Crippen LogP contribution is -2.41. The summed E-state index contributed by atoms with van der Waals surface area (Å²) in [4.78, 5) is 19.5. The Bertz CT molecular complexity index is 1210. The van der Waals surface area contributed by atoms with Crippen LogP contribution in [0, 0.1) is 6.92 Å². The number of anilines is 1. The average molecular weight is 404 g/mol. The van der Waals surface area contributed by atoms with Crippen LogP contribution in [0.25, 0.3) is 10.2 Å². The molecule has 0 bridgehead atoms. The first-order valence-corrected chi connectivity index (χ1v) is 10.4. The second kappa shape index (κ2) is 7.00. The minimum atomic E-state index is -0.0975. The van der Waals surface area contributed by atoms with Gasteiger partial charge in [0.2, 0.25) is 0 Å². The van der Waals surface area contributed by atoms with Crippen LogP contribution in [-0.4, -0.2) is 32.2 Å². The van der Waals surface area contributed by atoms with Crippen LogP contribution in [-0.2, 0) is 13.6 Å². The number of carbonyl (C=O) groups is 1. The zero-order valence-electron chi connectivity index (χ0n) is 16.3. The predicted octanol–water partition coefficient (Wildman–Crippen LogP) is 4.52. The first-order chi connectivity index (χ1) is 14.1. The maximum absolute atomic E-state index is 13.1. The van der Waals surface area contributed by atoms with E-state index in [4.69, 9.17) is 0 Å². The molecule has 1 atom stereocenters. The van der Waals surface area contributed by atoms with E-state index in [2.05, 4.69) is 33.6 Å². The van der Waals surface area contributed by atoms with Gasteiger partial charge in [-0.2, -0.15) is 5.10 Å². The van der Waals surface area contributed by atoms with Gasteiger partial charge in [0.05, 0.1) is 21.4 Å². The van der Waals surface area contributed by atoms with Gasteiger partial charge in [0, 0.05) is 37.9 Å². The van der Waals surface area contributed by atoms with E-state index in [1.54, 1.807) is 11.3 Å². The summed E-state index contributed by atoms with van der Waals surface area (Å²) in [5.74, 6) is 0.114. The molecule has 0 fully saturated rings. The van der Waals surface area contributed by atoms with E-state index < -0.39 is 0 Å². The quantitative estimate of drug-likeness (QED) is 0.535. The van der Waals surface area contributed by atoms with Crippen molar-refractivity contribution in [3.05, 3.63) is 76.6 Å². The van der Waals surface area contributed by atoms with E-state index >= 15 is 0 Å². The van der Waals surface area contributed by atoms with Gasteiger partial charge in [0.15, 0.2) is 0 Å². The molecule has 2 amide bonds. The zero-order valence-corrected chi connectivity index (χ0v) is 17.1. The molecule has 4 aromatic rings. The summed E-state index contributed by atoms with van der Waals surface area (Å²) in [5, 5.41) is 8.40. The topological polar surface area (TPSA) is 63.1 Å². The molecule has 0 saturated carbocycles. The van der Waals surface area contributed by atoms with Crippen molar-refractivity contribution in [2.24, 2.45) is 7.05 Å². The summed E-state index contributed by atoms with van der Waals surface area (Å²) in [6.45, 7) is 3.20. The van der Waals surface area contributed by atoms with Gasteiger partial charge in [-0.1, -0.05) is 24.3 Å². The van der Waals surface area contributed by atoms with Crippen molar-refractivity contribution in [3.8, 4) is 0 Å². The number of amides is 2. The van der Waals surface area contributed by atoms with E-state index in [9.17, 15) is 4.79 Å². The fraction of sp³-hybridized carbons (Fsp3) is 0.227. The maximum Gasteiger partial charge on any atom is 0.322 e. The number of nitrogens with zero attached hydrogens (tertiary/aromatic N) is 4. The van der Waals surface area contributed by atoms with E-state index in [1.165, 1.54) is 11.1 Å². The van der Waals surface area contributed by atoms with Crippen LogP contribution in [0.5, 0.6) is 0 Å². The number of urea groups is 1. The van der Waals surface area contributed by atoms with E-state index in [1.807, 2.05) is 60.2 Å². The van der Waals surface area contributed by atoms with Crippen molar-refractivity contribution in [2.45, 2.75) is 19.4 Å². The molecule has 29 heavy (non-hydrogen) atoms. The lowest BCUT2D eigenvalue weighted by molar-refractivity contribution is 0.203. The Kier molecular flexibility index (Phi) is 4.32. The fourth-order valence-corrected chi connectivity index (χ4v) is 4.80. The number of hydrogen-bond acceptors (Lipinski definition) is 4. The molecule has 1 aliphatic rings. The second-order valence-electron chi connectivity index (χ2n) is 7.42. The van der Waals surface area contributed by atoms with Gasteiger partial charge in [-0.05, 0) is 41.8 Å². The Hall–Kier alpha value is -3.19. The standard InChI is InChI=1S/C22H21N5OS/c1-14-24-20-9-17(7-8-21(20)29-14)25-22(28)27-12-15-5-3-4-6-18(15)19(13-27)16-10-23-26(2)11-16/h3-11,19H,12-13H2,1-2H3,(H,25,28)/t19-/m0/s1. The summed E-state index contributed by atoms with van der Waals surface area (Å²) < 4.78 is 2.94. The van der Waals surface area contributed by atoms with Gasteiger partial charge in [0.1, 0.15) is 0 Å². The Morgan fingerprint density at radius 1 is 1.24 bits per heavy atom. The summed E-state index contributed by atoms with van der Waals surface area (Å²) in [7, 11) is 1.92. The Morgan fingerprint density at radius 3 is 2.93 bits per heavy atom. The highest BCUT2D eigenvalue weighted by molar-refractivity contribution is 7.18. The second-order valence-corrected chi connectivity index (χ2v) is 8.66. The van der Waals surface area contributed by atoms with Crippen molar-refractivity contribution < 1.29 is 4.79 Å². The van der Waals surface area contributed by atoms with Gasteiger partial charge in [-0.3, -0.25) is 4.68 Å². The summed E-state index contributed by atoms with van der Waals surface area (Å²) in [5.41, 5.74) is 5.25. The maximum atomic E-state index is 13.1. The lowest BCUT2D eigenvalue weighted by Gasteiger charge is -2.34. The molecule has 2 aromatic heterocycles. The highest BCUT2D eigenvalue weighted by atomic mass is 32.1. The van der Waals surface area contributed by atoms with Gasteiger partial charge < -0.3 is 10.2 Å². The summed E-state index contributed by atoms with van der Waals surface area (Å²) in [6, 6.07) is 14.1. The van der Waals surface area contributed by atoms with Crippen LogP contribution in [0.15, 0.2) is 54.9 Å². The van der Waals surface area contributed by atoms with Crippen molar-refractivity contribution in [3.63, 3.8) is 0 Å². The van der Waals surface area contributed by atoms with Gasteiger partial charge in [-0.25, -0.2) is 9.78 Å². The molecule has 7 heteroatoms. The largest absolute Gasteiger partial charge is 0.322 e. The number of carbonyl (C=O) groups excluding carboxylic acids is 1. The first-order valence-electron chi connectivity index (χ1n) is 9.56. The third-order valence-corrected chi connectivity index (χ3v) is 6.31. The smallest absolute Gasteiger partial charge is 0.319 e. The Morgan fingerprint density at radius 2 is 2.10 bits per heavy atom. The van der Waals surface area contributed by atoms with Crippen LogP contribution >= 0.6 is 11.3 Å². The zero-order chi connectivity index (χ0) is 20.0. The number of hydrogen-bond donors (Lipinski definition) is 1. The van der Waals surface area contributed by atoms with Gasteiger partial charge in [0.25, 0.3) is 0 Å². The molecule has 2 aromatic carbocycles. The van der Waals surface area contributed by atoms with Crippen molar-refractivity contribution in [1.82, 2.24) is 19.7 Å². The molecule has 0 saturated heterocycles. The van der Waals surface area contributed by atoms with Crippen LogP contribution < -0.4 is 5.32 Å². The highest BCUT2D eigenvalue weighted by Gasteiger charge is 2.29. The molecule has 1 aliphatic heterocycles. The molecule has 0 unspecified atom stereocenters. The van der Waals surface area contributed by atoms with Gasteiger partial charge in [-0.15, -0.1) is 11.3 Å². The minimum absolute atomic E-state index is 0.0975. The predicted molar refractivity (Wildman–Crippen MR) is 115 cm³/mol. The number of aromatic nitrogens is 3. The number of nitrogens with one attached hydrogen (secondary N) is 1. The lowest BCUT2D eigenvalue weighted by atomic mass is 9.86. The molecular weight excluding hydrogens is 382 g/mol. The molecule has 0 radical (unpaired) electrons. The molecule has 0 spiro atoms. The number of aryl methyl sites for hydroxylation is 2. The number of benzene rings is 2. The van der Waals surface area contributed by atoms with Crippen molar-refractivity contribution >= 4 is 33.3 Å². The molecule has 0 aliphatic carbocycles. The van der Waals surface area contributed by atoms with Crippen LogP contribution in [0.1, 0.15) is 27.6 Å². The molecule has 146 valence electrons. The van der Waals surface area contributed by atoms with Gasteiger partial charge >= 0.3 is 6.03 Å². The normalized spacial score (nSPS) is 16.1. The number of fused-ring (bicyclic) bond motifs is 2. The number of rotatable bonds is 2. The average Bonchev–Trinajstić information content (AvgIpc) is 3.31. The SMILES string of the molecule is Cc1nc2cc(NC(=O)N3Cc4ccccc4[C@H](c4cnn(C)c4)C3)ccc2s1. The fourth-order valence-electron chi connectivity index (χ4n) is 3.99. The van der Waals surface area contributed by atoms with E-state index in [0.717, 1.165) is 26.5 Å². The minimum Gasteiger partial charge on any atom is -0.319 e. The summed E-state index contributed by atoms with van der Waals surface area (Å²) in [6.07, 6.45) is 3.92. The molecular formula is C22H21N5OS. The monoisotopic (exact) mass is 403 g/mol. The first kappa shape index (κ1) is 17.9. The molecule has 5 rings (SSSR count).